The molecule has 2 N–H and O–H groups in total. The molecule has 15 heavy (non-hydrogen) atoms. The zero-order valence-corrected chi connectivity index (χ0v) is 8.81. The Labute approximate surface area is 91.8 Å². The second-order valence-electron chi connectivity index (χ2n) is 3.05. The molecule has 0 aliphatic rings. The Bertz CT molecular complexity index is 390. The van der Waals surface area contributed by atoms with Crippen molar-refractivity contribution in [2.45, 2.75) is 6.10 Å². The Morgan fingerprint density at radius 1 is 1.33 bits per heavy atom. The van der Waals surface area contributed by atoms with E-state index in [0.717, 1.165) is 10.7 Å². The summed E-state index contributed by atoms with van der Waals surface area (Å²) in [6.45, 7) is 0.444. The van der Waals surface area contributed by atoms with E-state index in [9.17, 15) is 5.11 Å². The number of nitrogens with zero attached hydrogens (tertiary/aromatic N) is 2. The smallest absolute Gasteiger partial charge is 0.202 e. The minimum Gasteiger partial charge on any atom is -0.387 e. The zero-order valence-electron chi connectivity index (χ0n) is 8.00. The predicted molar refractivity (Wildman–Crippen MR) is 59.8 cm³/mol. The van der Waals surface area contributed by atoms with Crippen LogP contribution in [0.3, 0.4) is 0 Å². The number of rotatable bonds is 4. The second kappa shape index (κ2) is 4.86. The topological polar surface area (TPSA) is 58.0 Å². The Morgan fingerprint density at radius 3 is 2.80 bits per heavy atom. The molecule has 0 spiro atoms. The standard InChI is InChI=1S/C10H11N3OS/c14-9(8-4-2-1-3-5-8)6-11-10-12-7-13-15-10/h1-5,7,9,14H,6H2,(H,11,12,13). The van der Waals surface area contributed by atoms with E-state index in [1.807, 2.05) is 30.3 Å². The molecule has 78 valence electrons. The van der Waals surface area contributed by atoms with Crippen LogP contribution in [0.2, 0.25) is 0 Å². The van der Waals surface area contributed by atoms with Gasteiger partial charge in [0.25, 0.3) is 0 Å². The molecule has 1 aromatic carbocycles. The van der Waals surface area contributed by atoms with Crippen LogP contribution in [-0.4, -0.2) is 21.0 Å². The molecule has 0 fully saturated rings. The van der Waals surface area contributed by atoms with E-state index in [2.05, 4.69) is 14.7 Å². The van der Waals surface area contributed by atoms with Gasteiger partial charge in [0.15, 0.2) is 0 Å². The van der Waals surface area contributed by atoms with Crippen molar-refractivity contribution in [3.05, 3.63) is 42.2 Å². The zero-order chi connectivity index (χ0) is 10.5. The fourth-order valence-electron chi connectivity index (χ4n) is 1.23. The minimum absolute atomic E-state index is 0.444. The normalized spacial score (nSPS) is 12.3. The van der Waals surface area contributed by atoms with E-state index in [1.54, 1.807) is 0 Å². The molecule has 0 saturated carbocycles. The van der Waals surface area contributed by atoms with Crippen LogP contribution in [-0.2, 0) is 0 Å². The molecule has 1 atom stereocenters. The number of aliphatic hydroxyl groups excluding tert-OH is 1. The van der Waals surface area contributed by atoms with E-state index >= 15 is 0 Å². The average molecular weight is 221 g/mol. The number of nitrogens with one attached hydrogen (secondary N) is 1. The van der Waals surface area contributed by atoms with Crippen LogP contribution in [0.1, 0.15) is 11.7 Å². The average Bonchev–Trinajstić information content (AvgIpc) is 2.80. The molecule has 0 bridgehead atoms. The molecular formula is C10H11N3OS. The summed E-state index contributed by atoms with van der Waals surface area (Å²) in [5.41, 5.74) is 0.898. The van der Waals surface area contributed by atoms with Gasteiger partial charge in [-0.15, -0.1) is 0 Å². The molecule has 2 aromatic rings. The first kappa shape index (κ1) is 10.1. The molecule has 0 saturated heterocycles. The van der Waals surface area contributed by atoms with Crippen LogP contribution in [0.5, 0.6) is 0 Å². The third-order valence-electron chi connectivity index (χ3n) is 1.99. The highest BCUT2D eigenvalue weighted by Crippen LogP contribution is 2.14. The van der Waals surface area contributed by atoms with Gasteiger partial charge < -0.3 is 10.4 Å². The van der Waals surface area contributed by atoms with Gasteiger partial charge in [0.2, 0.25) is 5.13 Å². The molecule has 4 nitrogen and oxygen atoms in total. The summed E-state index contributed by atoms with van der Waals surface area (Å²) < 4.78 is 3.86. The van der Waals surface area contributed by atoms with Gasteiger partial charge in [0, 0.05) is 18.1 Å². The van der Waals surface area contributed by atoms with Crippen molar-refractivity contribution < 1.29 is 5.11 Å². The minimum atomic E-state index is -0.518. The Morgan fingerprint density at radius 2 is 2.13 bits per heavy atom. The number of anilines is 1. The maximum absolute atomic E-state index is 9.81. The Hall–Kier alpha value is -1.46. The van der Waals surface area contributed by atoms with Crippen molar-refractivity contribution in [2.75, 3.05) is 11.9 Å². The maximum atomic E-state index is 9.81. The lowest BCUT2D eigenvalue weighted by molar-refractivity contribution is 0.191. The van der Waals surface area contributed by atoms with Gasteiger partial charge in [0.05, 0.1) is 6.10 Å². The van der Waals surface area contributed by atoms with Crippen molar-refractivity contribution in [3.63, 3.8) is 0 Å². The van der Waals surface area contributed by atoms with E-state index in [-0.39, 0.29) is 0 Å². The van der Waals surface area contributed by atoms with E-state index in [0.29, 0.717) is 6.54 Å². The summed E-state index contributed by atoms with van der Waals surface area (Å²) in [6.07, 6.45) is 0.970. The fraction of sp³-hybridized carbons (Fsp3) is 0.200. The molecule has 1 heterocycles. The molecule has 0 amide bonds. The summed E-state index contributed by atoms with van der Waals surface area (Å²) in [6, 6.07) is 9.53. The van der Waals surface area contributed by atoms with E-state index in [4.69, 9.17) is 0 Å². The summed E-state index contributed by atoms with van der Waals surface area (Å²) >= 11 is 1.28. The summed E-state index contributed by atoms with van der Waals surface area (Å²) in [4.78, 5) is 3.97. The monoisotopic (exact) mass is 221 g/mol. The lowest BCUT2D eigenvalue weighted by atomic mass is 10.1. The highest BCUT2D eigenvalue weighted by Gasteiger charge is 2.06. The van der Waals surface area contributed by atoms with Gasteiger partial charge >= 0.3 is 0 Å². The maximum Gasteiger partial charge on any atom is 0.202 e. The Balaban J connectivity index is 1.90. The van der Waals surface area contributed by atoms with Crippen LogP contribution < -0.4 is 5.32 Å². The molecule has 1 unspecified atom stereocenters. The van der Waals surface area contributed by atoms with Crippen molar-refractivity contribution in [1.29, 1.82) is 0 Å². The quantitative estimate of drug-likeness (QED) is 0.824. The number of hydrogen-bond donors (Lipinski definition) is 2. The second-order valence-corrected chi connectivity index (χ2v) is 3.83. The van der Waals surface area contributed by atoms with Gasteiger partial charge in [-0.3, -0.25) is 0 Å². The number of hydrogen-bond acceptors (Lipinski definition) is 5. The van der Waals surface area contributed by atoms with Crippen LogP contribution >= 0.6 is 11.5 Å². The van der Waals surface area contributed by atoms with E-state index < -0.39 is 6.10 Å². The first-order chi connectivity index (χ1) is 7.36. The van der Waals surface area contributed by atoms with Gasteiger partial charge in [-0.25, -0.2) is 4.98 Å². The number of aliphatic hydroxyl groups is 1. The SMILES string of the molecule is OC(CNc1ncns1)c1ccccc1. The van der Waals surface area contributed by atoms with Gasteiger partial charge in [0.1, 0.15) is 6.33 Å². The van der Waals surface area contributed by atoms with Gasteiger partial charge in [-0.05, 0) is 5.56 Å². The summed E-state index contributed by atoms with van der Waals surface area (Å²) in [5, 5.41) is 13.6. The highest BCUT2D eigenvalue weighted by molar-refractivity contribution is 7.09. The van der Waals surface area contributed by atoms with E-state index in [1.165, 1.54) is 17.9 Å². The molecule has 0 radical (unpaired) electrons. The van der Waals surface area contributed by atoms with Crippen molar-refractivity contribution in [1.82, 2.24) is 9.36 Å². The van der Waals surface area contributed by atoms with Crippen LogP contribution in [0.25, 0.3) is 0 Å². The van der Waals surface area contributed by atoms with Crippen molar-refractivity contribution in [2.24, 2.45) is 0 Å². The summed E-state index contributed by atoms with van der Waals surface area (Å²) in [7, 11) is 0. The highest BCUT2D eigenvalue weighted by atomic mass is 32.1. The van der Waals surface area contributed by atoms with Crippen LogP contribution in [0.4, 0.5) is 5.13 Å². The molecule has 1 aromatic heterocycles. The molecule has 5 heteroatoms. The van der Waals surface area contributed by atoms with Gasteiger partial charge in [-0.1, -0.05) is 30.3 Å². The summed E-state index contributed by atoms with van der Waals surface area (Å²) in [5.74, 6) is 0. The molecule has 0 aliphatic heterocycles. The fourth-order valence-corrected chi connectivity index (χ4v) is 1.66. The molecular weight excluding hydrogens is 210 g/mol. The van der Waals surface area contributed by atoms with Crippen LogP contribution in [0, 0.1) is 0 Å². The lowest BCUT2D eigenvalue weighted by Crippen LogP contribution is -2.11. The third-order valence-corrected chi connectivity index (χ3v) is 2.61. The first-order valence-corrected chi connectivity index (χ1v) is 5.37. The van der Waals surface area contributed by atoms with Crippen molar-refractivity contribution in [3.8, 4) is 0 Å². The largest absolute Gasteiger partial charge is 0.387 e. The number of benzene rings is 1. The van der Waals surface area contributed by atoms with Crippen LogP contribution in [0.15, 0.2) is 36.7 Å². The van der Waals surface area contributed by atoms with Crippen molar-refractivity contribution >= 4 is 16.7 Å². The number of aromatic nitrogens is 2. The predicted octanol–water partition coefficient (Wildman–Crippen LogP) is 1.68. The molecule has 2 rings (SSSR count). The molecule has 0 aliphatic carbocycles. The first-order valence-electron chi connectivity index (χ1n) is 4.60. The lowest BCUT2D eigenvalue weighted by Gasteiger charge is -2.10. The van der Waals surface area contributed by atoms with Gasteiger partial charge in [-0.2, -0.15) is 4.37 Å². The third kappa shape index (κ3) is 2.74. The Kier molecular flexibility index (Phi) is 3.26.